The summed E-state index contributed by atoms with van der Waals surface area (Å²) in [6.45, 7) is 5.88. The zero-order chi connectivity index (χ0) is 14.6. The van der Waals surface area contributed by atoms with Crippen molar-refractivity contribution < 1.29 is 14.6 Å². The quantitative estimate of drug-likeness (QED) is 0.559. The molecule has 0 bridgehead atoms. The van der Waals surface area contributed by atoms with Gasteiger partial charge in [-0.2, -0.15) is 0 Å². The van der Waals surface area contributed by atoms with E-state index < -0.39 is 5.97 Å². The Morgan fingerprint density at radius 3 is 2.58 bits per heavy atom. The van der Waals surface area contributed by atoms with Crippen LogP contribution in [-0.2, 0) is 4.74 Å². The monoisotopic (exact) mass is 266 g/mol. The van der Waals surface area contributed by atoms with E-state index in [0.29, 0.717) is 11.3 Å². The van der Waals surface area contributed by atoms with Gasteiger partial charge in [-0.15, -0.1) is 0 Å². The number of aliphatic hydroxyl groups excluding tert-OH is 1. The molecule has 5 nitrogen and oxygen atoms in total. The first-order chi connectivity index (χ1) is 8.90. The van der Waals surface area contributed by atoms with Crippen molar-refractivity contribution in [2.45, 2.75) is 26.8 Å². The summed E-state index contributed by atoms with van der Waals surface area (Å²) in [5.74, 6) is -0.196. The molecule has 0 radical (unpaired) electrons. The van der Waals surface area contributed by atoms with Crippen LogP contribution in [0.3, 0.4) is 0 Å². The van der Waals surface area contributed by atoms with Crippen molar-refractivity contribution in [1.82, 2.24) is 0 Å². The van der Waals surface area contributed by atoms with Gasteiger partial charge in [0.15, 0.2) is 0 Å². The molecule has 0 saturated heterocycles. The first kappa shape index (κ1) is 15.3. The number of anilines is 2. The summed E-state index contributed by atoms with van der Waals surface area (Å²) in [7, 11) is 1.32. The molecule has 1 atom stereocenters. The summed E-state index contributed by atoms with van der Waals surface area (Å²) >= 11 is 0. The highest BCUT2D eigenvalue weighted by atomic mass is 16.5. The van der Waals surface area contributed by atoms with Crippen molar-refractivity contribution in [3.05, 3.63) is 23.3 Å². The Balaban J connectivity index is 3.09. The van der Waals surface area contributed by atoms with E-state index in [0.717, 1.165) is 11.3 Å². The number of nitrogens with two attached hydrogens (primary N) is 1. The molecule has 0 aromatic heterocycles. The molecule has 4 N–H and O–H groups in total. The molecular formula is C14H22N2O3. The van der Waals surface area contributed by atoms with Gasteiger partial charge in [-0.25, -0.2) is 4.79 Å². The van der Waals surface area contributed by atoms with Gasteiger partial charge >= 0.3 is 5.97 Å². The number of carbonyl (C=O) groups is 1. The molecular weight excluding hydrogens is 244 g/mol. The van der Waals surface area contributed by atoms with Crippen LogP contribution in [0.1, 0.15) is 29.8 Å². The fourth-order valence-electron chi connectivity index (χ4n) is 1.80. The minimum atomic E-state index is -0.464. The highest BCUT2D eigenvalue weighted by Crippen LogP contribution is 2.24. The van der Waals surface area contributed by atoms with Crippen molar-refractivity contribution in [2.24, 2.45) is 5.92 Å². The second-order valence-electron chi connectivity index (χ2n) is 4.92. The second-order valence-corrected chi connectivity index (χ2v) is 4.92. The number of nitrogen functional groups attached to an aromatic ring is 1. The fraction of sp³-hybridized carbons (Fsp3) is 0.500. The number of esters is 1. The van der Waals surface area contributed by atoms with Crippen LogP contribution in [0, 0.1) is 12.8 Å². The molecule has 0 saturated carbocycles. The molecule has 0 aliphatic rings. The largest absolute Gasteiger partial charge is 0.465 e. The molecule has 0 heterocycles. The van der Waals surface area contributed by atoms with Gasteiger partial charge in [-0.05, 0) is 30.5 Å². The van der Waals surface area contributed by atoms with E-state index >= 15 is 0 Å². The summed E-state index contributed by atoms with van der Waals surface area (Å²) in [6, 6.07) is 3.43. The maximum Gasteiger partial charge on any atom is 0.340 e. The average molecular weight is 266 g/mol. The highest BCUT2D eigenvalue weighted by molar-refractivity contribution is 5.97. The zero-order valence-electron chi connectivity index (χ0n) is 11.9. The molecule has 1 aromatic carbocycles. The zero-order valence-corrected chi connectivity index (χ0v) is 11.9. The number of nitrogens with one attached hydrogen (secondary N) is 1. The Kier molecular flexibility index (Phi) is 5.18. The second kappa shape index (κ2) is 6.43. The lowest BCUT2D eigenvalue weighted by Crippen LogP contribution is -2.29. The maximum absolute atomic E-state index is 11.6. The smallest absolute Gasteiger partial charge is 0.340 e. The van der Waals surface area contributed by atoms with Crippen molar-refractivity contribution in [3.8, 4) is 0 Å². The van der Waals surface area contributed by atoms with Crippen LogP contribution >= 0.6 is 0 Å². The maximum atomic E-state index is 11.6. The molecule has 0 spiro atoms. The lowest BCUT2D eigenvalue weighted by molar-refractivity contribution is 0.0602. The van der Waals surface area contributed by atoms with Gasteiger partial charge in [-0.3, -0.25) is 0 Å². The Morgan fingerprint density at radius 2 is 2.11 bits per heavy atom. The minimum Gasteiger partial charge on any atom is -0.465 e. The SMILES string of the molecule is COC(=O)c1cc(N[C@H](CO)C(C)C)cc(C)c1N. The molecule has 1 aromatic rings. The molecule has 0 fully saturated rings. The third-order valence-electron chi connectivity index (χ3n) is 3.15. The predicted molar refractivity (Wildman–Crippen MR) is 76.3 cm³/mol. The number of hydrogen-bond donors (Lipinski definition) is 3. The Labute approximate surface area is 113 Å². The summed E-state index contributed by atoms with van der Waals surface area (Å²) in [4.78, 5) is 11.6. The Bertz CT molecular complexity index is 458. The van der Waals surface area contributed by atoms with Crippen molar-refractivity contribution in [3.63, 3.8) is 0 Å². The van der Waals surface area contributed by atoms with E-state index in [1.54, 1.807) is 6.07 Å². The molecule has 0 unspecified atom stereocenters. The molecule has 19 heavy (non-hydrogen) atoms. The van der Waals surface area contributed by atoms with Gasteiger partial charge in [0, 0.05) is 11.4 Å². The first-order valence-electron chi connectivity index (χ1n) is 6.26. The van der Waals surface area contributed by atoms with Crippen molar-refractivity contribution in [2.75, 3.05) is 24.8 Å². The fourth-order valence-corrected chi connectivity index (χ4v) is 1.80. The van der Waals surface area contributed by atoms with Gasteiger partial charge in [-0.1, -0.05) is 13.8 Å². The lowest BCUT2D eigenvalue weighted by Gasteiger charge is -2.22. The molecule has 106 valence electrons. The Morgan fingerprint density at radius 1 is 1.47 bits per heavy atom. The summed E-state index contributed by atoms with van der Waals surface area (Å²) in [5, 5.41) is 12.5. The molecule has 0 aliphatic carbocycles. The number of aliphatic hydroxyl groups is 1. The van der Waals surface area contributed by atoms with Crippen molar-refractivity contribution in [1.29, 1.82) is 0 Å². The number of carbonyl (C=O) groups excluding carboxylic acids is 1. The van der Waals surface area contributed by atoms with Gasteiger partial charge in [0.25, 0.3) is 0 Å². The topological polar surface area (TPSA) is 84.6 Å². The molecule has 5 heteroatoms. The standard InChI is InChI=1S/C14H22N2O3/c1-8(2)12(7-17)16-10-5-9(3)13(15)11(6-10)14(18)19-4/h5-6,8,12,16-17H,7,15H2,1-4H3/t12-/m1/s1. The van der Waals surface area contributed by atoms with E-state index in [1.807, 2.05) is 26.8 Å². The van der Waals surface area contributed by atoms with E-state index in [-0.39, 0.29) is 18.6 Å². The predicted octanol–water partition coefficient (Wildman–Crippen LogP) is 1.79. The number of benzene rings is 1. The number of rotatable bonds is 5. The van der Waals surface area contributed by atoms with Crippen LogP contribution < -0.4 is 11.1 Å². The van der Waals surface area contributed by atoms with E-state index in [9.17, 15) is 9.90 Å². The third kappa shape index (κ3) is 3.61. The number of hydrogen-bond acceptors (Lipinski definition) is 5. The van der Waals surface area contributed by atoms with E-state index in [1.165, 1.54) is 7.11 Å². The van der Waals surface area contributed by atoms with Gasteiger partial charge in [0.2, 0.25) is 0 Å². The van der Waals surface area contributed by atoms with E-state index in [4.69, 9.17) is 10.5 Å². The number of ether oxygens (including phenoxy) is 1. The van der Waals surface area contributed by atoms with Crippen LogP contribution in [0.25, 0.3) is 0 Å². The number of aryl methyl sites for hydroxylation is 1. The number of methoxy groups -OCH3 is 1. The molecule has 0 amide bonds. The highest BCUT2D eigenvalue weighted by Gasteiger charge is 2.16. The van der Waals surface area contributed by atoms with Gasteiger partial charge < -0.3 is 20.9 Å². The molecule has 1 rings (SSSR count). The summed E-state index contributed by atoms with van der Waals surface area (Å²) in [6.07, 6.45) is 0. The van der Waals surface area contributed by atoms with Gasteiger partial charge in [0.1, 0.15) is 0 Å². The summed E-state index contributed by atoms with van der Waals surface area (Å²) < 4.78 is 4.71. The van der Waals surface area contributed by atoms with Crippen molar-refractivity contribution >= 4 is 17.3 Å². The van der Waals surface area contributed by atoms with Crippen LogP contribution in [0.4, 0.5) is 11.4 Å². The normalized spacial score (nSPS) is 12.3. The average Bonchev–Trinajstić information content (AvgIpc) is 2.38. The van der Waals surface area contributed by atoms with Crippen LogP contribution in [-0.4, -0.2) is 30.8 Å². The minimum absolute atomic E-state index is 0.0225. The van der Waals surface area contributed by atoms with Gasteiger partial charge in [0.05, 0.1) is 25.3 Å². The lowest BCUT2D eigenvalue weighted by atomic mass is 10.0. The van der Waals surface area contributed by atoms with Crippen LogP contribution in [0.5, 0.6) is 0 Å². The van der Waals surface area contributed by atoms with Crippen LogP contribution in [0.15, 0.2) is 12.1 Å². The third-order valence-corrected chi connectivity index (χ3v) is 3.15. The Hall–Kier alpha value is -1.75. The summed E-state index contributed by atoms with van der Waals surface area (Å²) in [5.41, 5.74) is 8.18. The first-order valence-corrected chi connectivity index (χ1v) is 6.26. The van der Waals surface area contributed by atoms with E-state index in [2.05, 4.69) is 5.32 Å². The molecule has 0 aliphatic heterocycles. The van der Waals surface area contributed by atoms with Crippen LogP contribution in [0.2, 0.25) is 0 Å².